The molecule has 1 amide bonds. The maximum absolute atomic E-state index is 10.7. The fourth-order valence-corrected chi connectivity index (χ4v) is 1.27. The van der Waals surface area contributed by atoms with Crippen molar-refractivity contribution in [2.24, 2.45) is 5.73 Å². The summed E-state index contributed by atoms with van der Waals surface area (Å²) in [6.45, 7) is 4.00. The third-order valence-corrected chi connectivity index (χ3v) is 2.04. The van der Waals surface area contributed by atoms with Crippen molar-refractivity contribution in [3.63, 3.8) is 0 Å². The second-order valence-electron chi connectivity index (χ2n) is 3.46. The van der Waals surface area contributed by atoms with E-state index in [1.807, 2.05) is 31.2 Å². The molecule has 1 atom stereocenters. The summed E-state index contributed by atoms with van der Waals surface area (Å²) in [7, 11) is 0. The predicted molar refractivity (Wildman–Crippen MR) is 56.8 cm³/mol. The first-order valence-electron chi connectivity index (χ1n) is 4.66. The molecule has 0 aliphatic heterocycles. The van der Waals surface area contributed by atoms with Crippen molar-refractivity contribution >= 4 is 5.91 Å². The smallest absolute Gasteiger partial charge is 0.216 e. The molecule has 0 saturated carbocycles. The van der Waals surface area contributed by atoms with Crippen LogP contribution in [0.5, 0.6) is 0 Å². The molecule has 0 aliphatic rings. The minimum atomic E-state index is -0.126. The lowest BCUT2D eigenvalue weighted by Crippen LogP contribution is -2.30. The van der Waals surface area contributed by atoms with Crippen LogP contribution in [0.25, 0.3) is 0 Å². The van der Waals surface area contributed by atoms with Gasteiger partial charge in [-0.05, 0) is 12.5 Å². The van der Waals surface area contributed by atoms with Gasteiger partial charge >= 0.3 is 0 Å². The fraction of sp³-hybridized carbons (Fsp3) is 0.364. The lowest BCUT2D eigenvalue weighted by atomic mass is 10.1. The number of nitrogens with one attached hydrogen (secondary N) is 1. The van der Waals surface area contributed by atoms with Crippen LogP contribution in [0.1, 0.15) is 24.1 Å². The minimum Gasteiger partial charge on any atom is -0.354 e. The zero-order valence-corrected chi connectivity index (χ0v) is 8.58. The van der Waals surface area contributed by atoms with Gasteiger partial charge in [0.05, 0.1) is 0 Å². The number of nitrogens with two attached hydrogens (primary N) is 1. The van der Waals surface area contributed by atoms with E-state index in [1.165, 1.54) is 12.5 Å². The summed E-state index contributed by atoms with van der Waals surface area (Å²) in [5.74, 6) is -0.0481. The summed E-state index contributed by atoms with van der Waals surface area (Å²) >= 11 is 0. The van der Waals surface area contributed by atoms with Gasteiger partial charge in [0.25, 0.3) is 0 Å². The molecule has 3 heteroatoms. The number of hydrogen-bond acceptors (Lipinski definition) is 2. The van der Waals surface area contributed by atoms with Gasteiger partial charge < -0.3 is 11.1 Å². The third-order valence-electron chi connectivity index (χ3n) is 2.04. The molecule has 1 aromatic rings. The first-order valence-corrected chi connectivity index (χ1v) is 4.66. The van der Waals surface area contributed by atoms with Crippen LogP contribution in [-0.4, -0.2) is 12.5 Å². The van der Waals surface area contributed by atoms with Crippen molar-refractivity contribution in [3.05, 3.63) is 35.4 Å². The monoisotopic (exact) mass is 192 g/mol. The number of hydrogen-bond donors (Lipinski definition) is 2. The van der Waals surface area contributed by atoms with Crippen molar-refractivity contribution in [2.75, 3.05) is 6.54 Å². The highest BCUT2D eigenvalue weighted by Gasteiger charge is 2.05. The number of amides is 1. The summed E-state index contributed by atoms with van der Waals surface area (Å²) in [4.78, 5) is 10.7. The van der Waals surface area contributed by atoms with E-state index in [0.717, 1.165) is 5.56 Å². The lowest BCUT2D eigenvalue weighted by molar-refractivity contribution is -0.119. The molecule has 1 aromatic carbocycles. The topological polar surface area (TPSA) is 55.1 Å². The van der Waals surface area contributed by atoms with Crippen LogP contribution < -0.4 is 11.1 Å². The lowest BCUT2D eigenvalue weighted by Gasteiger charge is -2.12. The first kappa shape index (κ1) is 10.7. The molecular formula is C11H16N2O. The third kappa shape index (κ3) is 3.18. The van der Waals surface area contributed by atoms with Gasteiger partial charge in [0, 0.05) is 19.5 Å². The molecule has 0 saturated heterocycles. The zero-order valence-electron chi connectivity index (χ0n) is 8.58. The predicted octanol–water partition coefficient (Wildman–Crippen LogP) is 1.13. The van der Waals surface area contributed by atoms with Gasteiger partial charge in [0.15, 0.2) is 0 Å². The van der Waals surface area contributed by atoms with Gasteiger partial charge in [0.2, 0.25) is 5.91 Å². The van der Waals surface area contributed by atoms with E-state index < -0.39 is 0 Å². The highest BCUT2D eigenvalue weighted by atomic mass is 16.1. The maximum atomic E-state index is 10.7. The maximum Gasteiger partial charge on any atom is 0.216 e. The molecule has 0 aliphatic carbocycles. The number of carbonyl (C=O) groups is 1. The second kappa shape index (κ2) is 4.77. The summed E-state index contributed by atoms with van der Waals surface area (Å²) in [5.41, 5.74) is 8.13. The van der Waals surface area contributed by atoms with E-state index in [-0.39, 0.29) is 11.9 Å². The standard InChI is InChI=1S/C11H16N2O/c1-8-4-3-5-10(6-8)11(12)7-13-9(2)14/h3-6,11H,7,12H2,1-2H3,(H,13,14). The van der Waals surface area contributed by atoms with Crippen LogP contribution in [0.2, 0.25) is 0 Å². The quantitative estimate of drug-likeness (QED) is 0.754. The van der Waals surface area contributed by atoms with Crippen LogP contribution in [0.15, 0.2) is 24.3 Å². The number of rotatable bonds is 3. The van der Waals surface area contributed by atoms with Crippen LogP contribution in [-0.2, 0) is 4.79 Å². The van der Waals surface area contributed by atoms with Gasteiger partial charge in [-0.2, -0.15) is 0 Å². The summed E-state index contributed by atoms with van der Waals surface area (Å²) in [6, 6.07) is 7.87. The zero-order chi connectivity index (χ0) is 10.6. The van der Waals surface area contributed by atoms with Crippen molar-refractivity contribution in [3.8, 4) is 0 Å². The molecule has 1 rings (SSSR count). The van der Waals surface area contributed by atoms with Crippen LogP contribution in [0.3, 0.4) is 0 Å². The molecule has 1 unspecified atom stereocenters. The summed E-state index contributed by atoms with van der Waals surface area (Å²) in [6.07, 6.45) is 0. The highest BCUT2D eigenvalue weighted by Crippen LogP contribution is 2.10. The van der Waals surface area contributed by atoms with E-state index in [1.54, 1.807) is 0 Å². The molecule has 3 nitrogen and oxygen atoms in total. The first-order chi connectivity index (χ1) is 6.59. The minimum absolute atomic E-state index is 0.0481. The normalized spacial score (nSPS) is 12.2. The number of benzene rings is 1. The molecule has 76 valence electrons. The SMILES string of the molecule is CC(=O)NCC(N)c1cccc(C)c1. The van der Waals surface area contributed by atoms with Crippen LogP contribution in [0.4, 0.5) is 0 Å². The molecule has 3 N–H and O–H groups in total. The summed E-state index contributed by atoms with van der Waals surface area (Å²) in [5, 5.41) is 2.70. The van der Waals surface area contributed by atoms with E-state index in [0.29, 0.717) is 6.54 Å². The molecular weight excluding hydrogens is 176 g/mol. The Kier molecular flexibility index (Phi) is 3.65. The fourth-order valence-electron chi connectivity index (χ4n) is 1.27. The Morgan fingerprint density at radius 3 is 2.86 bits per heavy atom. The Morgan fingerprint density at radius 2 is 2.29 bits per heavy atom. The van der Waals surface area contributed by atoms with Crippen molar-refractivity contribution < 1.29 is 4.79 Å². The molecule has 0 heterocycles. The van der Waals surface area contributed by atoms with Gasteiger partial charge in [-0.3, -0.25) is 4.79 Å². The van der Waals surface area contributed by atoms with Gasteiger partial charge in [-0.1, -0.05) is 29.8 Å². The van der Waals surface area contributed by atoms with Crippen molar-refractivity contribution in [1.29, 1.82) is 0 Å². The van der Waals surface area contributed by atoms with Crippen molar-refractivity contribution in [2.45, 2.75) is 19.9 Å². The van der Waals surface area contributed by atoms with E-state index in [9.17, 15) is 4.79 Å². The van der Waals surface area contributed by atoms with E-state index >= 15 is 0 Å². The molecule has 0 radical (unpaired) electrons. The average Bonchev–Trinajstić information content (AvgIpc) is 2.14. The Bertz CT molecular complexity index is 323. The number of carbonyl (C=O) groups excluding carboxylic acids is 1. The molecule has 0 bridgehead atoms. The van der Waals surface area contributed by atoms with Crippen LogP contribution >= 0.6 is 0 Å². The average molecular weight is 192 g/mol. The van der Waals surface area contributed by atoms with Gasteiger partial charge in [-0.15, -0.1) is 0 Å². The second-order valence-corrected chi connectivity index (χ2v) is 3.46. The van der Waals surface area contributed by atoms with E-state index in [4.69, 9.17) is 5.73 Å². The Balaban J connectivity index is 2.60. The molecule has 14 heavy (non-hydrogen) atoms. The summed E-state index contributed by atoms with van der Waals surface area (Å²) < 4.78 is 0. The van der Waals surface area contributed by atoms with Crippen LogP contribution in [0, 0.1) is 6.92 Å². The molecule has 0 spiro atoms. The van der Waals surface area contributed by atoms with Gasteiger partial charge in [0.1, 0.15) is 0 Å². The highest BCUT2D eigenvalue weighted by molar-refractivity contribution is 5.72. The molecule has 0 aromatic heterocycles. The van der Waals surface area contributed by atoms with E-state index in [2.05, 4.69) is 5.32 Å². The van der Waals surface area contributed by atoms with Crippen molar-refractivity contribution in [1.82, 2.24) is 5.32 Å². The van der Waals surface area contributed by atoms with Gasteiger partial charge in [-0.25, -0.2) is 0 Å². The Morgan fingerprint density at radius 1 is 1.57 bits per heavy atom. The molecule has 0 fully saturated rings. The Hall–Kier alpha value is -1.35. The largest absolute Gasteiger partial charge is 0.354 e. The Labute approximate surface area is 84.3 Å². The number of aryl methyl sites for hydroxylation is 1.